The maximum Gasteiger partial charge on any atom is 0.426 e. The van der Waals surface area contributed by atoms with Gasteiger partial charge in [0.2, 0.25) is 0 Å². The van der Waals surface area contributed by atoms with Gasteiger partial charge in [0.1, 0.15) is 0 Å². The number of hydrogen-bond donors (Lipinski definition) is 1. The van der Waals surface area contributed by atoms with E-state index in [9.17, 15) is 35.8 Å². The van der Waals surface area contributed by atoms with Crippen LogP contribution in [0.3, 0.4) is 0 Å². The van der Waals surface area contributed by atoms with E-state index in [4.69, 9.17) is 0 Å². The fourth-order valence-electron chi connectivity index (χ4n) is 2.95. The number of allylic oxidation sites excluding steroid dienone is 2. The van der Waals surface area contributed by atoms with Crippen LogP contribution in [0.5, 0.6) is 0 Å². The van der Waals surface area contributed by atoms with E-state index < -0.39 is 54.4 Å². The molecule has 1 aliphatic rings. The van der Waals surface area contributed by atoms with Gasteiger partial charge in [0.15, 0.2) is 0 Å². The van der Waals surface area contributed by atoms with Crippen molar-refractivity contribution in [2.75, 3.05) is 0 Å². The summed E-state index contributed by atoms with van der Waals surface area (Å²) in [6.45, 7) is 6.31. The van der Waals surface area contributed by atoms with Gasteiger partial charge in [0, 0.05) is 11.8 Å². The monoisotopic (exact) mass is 320 g/mol. The minimum absolute atomic E-state index is 0.0515. The molecule has 3 atom stereocenters. The van der Waals surface area contributed by atoms with E-state index in [1.807, 2.05) is 0 Å². The average Bonchev–Trinajstić information content (AvgIpc) is 2.69. The van der Waals surface area contributed by atoms with Crippen LogP contribution in [0, 0.1) is 17.8 Å². The van der Waals surface area contributed by atoms with Gasteiger partial charge in [0.05, 0.1) is 5.83 Å². The van der Waals surface area contributed by atoms with Gasteiger partial charge in [-0.2, -0.15) is 26.3 Å². The summed E-state index contributed by atoms with van der Waals surface area (Å²) in [7, 11) is 0. The molecule has 0 aliphatic heterocycles. The Morgan fingerprint density at radius 3 is 1.90 bits per heavy atom. The largest absolute Gasteiger partial charge is 0.426 e. The van der Waals surface area contributed by atoms with Crippen LogP contribution in [0.2, 0.25) is 0 Å². The molecule has 0 amide bonds. The summed E-state index contributed by atoms with van der Waals surface area (Å²) in [5, 5.41) is 9.34. The predicted molar refractivity (Wildman–Crippen MR) is 61.8 cm³/mol. The maximum absolute atomic E-state index is 13.3. The van der Waals surface area contributed by atoms with E-state index in [1.165, 1.54) is 6.08 Å². The van der Waals surface area contributed by atoms with Crippen LogP contribution in [0.25, 0.3) is 0 Å². The van der Waals surface area contributed by atoms with Gasteiger partial charge in [-0.3, -0.25) is 0 Å². The van der Waals surface area contributed by atoms with E-state index in [2.05, 4.69) is 13.2 Å². The number of halogens is 7. The first-order valence-electron chi connectivity index (χ1n) is 6.17. The number of hydrogen-bond acceptors (Lipinski definition) is 1. The summed E-state index contributed by atoms with van der Waals surface area (Å²) in [4.78, 5) is 0. The molecule has 8 heteroatoms. The molecular formula is C13H15F7O. The van der Waals surface area contributed by atoms with Gasteiger partial charge in [-0.25, -0.2) is 4.39 Å². The van der Waals surface area contributed by atoms with Crippen molar-refractivity contribution in [2.24, 2.45) is 17.8 Å². The molecular weight excluding hydrogens is 305 g/mol. The molecule has 1 N–H and O–H groups in total. The van der Waals surface area contributed by atoms with Gasteiger partial charge < -0.3 is 5.11 Å². The molecule has 0 aromatic carbocycles. The van der Waals surface area contributed by atoms with Crippen molar-refractivity contribution in [3.05, 3.63) is 25.1 Å². The lowest BCUT2D eigenvalue weighted by Gasteiger charge is -2.37. The van der Waals surface area contributed by atoms with Crippen molar-refractivity contribution in [3.8, 4) is 0 Å². The Bertz CT molecular complexity index is 396. The highest BCUT2D eigenvalue weighted by atomic mass is 19.4. The van der Waals surface area contributed by atoms with Crippen LogP contribution in [0.1, 0.15) is 19.3 Å². The van der Waals surface area contributed by atoms with E-state index in [1.54, 1.807) is 0 Å². The molecule has 1 nitrogen and oxygen atoms in total. The van der Waals surface area contributed by atoms with Crippen LogP contribution in [-0.4, -0.2) is 23.1 Å². The maximum atomic E-state index is 13.3. The van der Waals surface area contributed by atoms with Crippen LogP contribution in [0.4, 0.5) is 30.7 Å². The second kappa shape index (κ2) is 5.62. The molecule has 0 saturated heterocycles. The van der Waals surface area contributed by atoms with Crippen molar-refractivity contribution in [1.82, 2.24) is 0 Å². The Morgan fingerprint density at radius 2 is 1.57 bits per heavy atom. The lowest BCUT2D eigenvalue weighted by atomic mass is 9.83. The Balaban J connectivity index is 3.18. The SMILES string of the molecule is C=CCC1CC(C(O)(C(F)(F)F)C(F)(F)F)CC1C(=C)F. The van der Waals surface area contributed by atoms with Gasteiger partial charge in [-0.05, 0) is 25.2 Å². The van der Waals surface area contributed by atoms with E-state index in [0.29, 0.717) is 0 Å². The summed E-state index contributed by atoms with van der Waals surface area (Å²) >= 11 is 0. The highest BCUT2D eigenvalue weighted by Gasteiger charge is 2.74. The van der Waals surface area contributed by atoms with Crippen LogP contribution in [-0.2, 0) is 0 Å². The van der Waals surface area contributed by atoms with Crippen LogP contribution in [0.15, 0.2) is 25.1 Å². The lowest BCUT2D eigenvalue weighted by molar-refractivity contribution is -0.384. The fourth-order valence-corrected chi connectivity index (χ4v) is 2.95. The third-order valence-corrected chi connectivity index (χ3v) is 4.02. The predicted octanol–water partition coefficient (Wildman–Crippen LogP) is 4.54. The Labute approximate surface area is 117 Å². The summed E-state index contributed by atoms with van der Waals surface area (Å²) in [5.74, 6) is -5.08. The smallest absolute Gasteiger partial charge is 0.373 e. The molecule has 0 heterocycles. The standard InChI is InChI=1S/C13H15F7O/c1-3-4-8-5-9(6-10(8)7(2)14)11(21,12(15,16)17)13(18,19)20/h3,8-10,21H,1-2,4-6H2. The highest BCUT2D eigenvalue weighted by molar-refractivity contribution is 5.09. The molecule has 21 heavy (non-hydrogen) atoms. The van der Waals surface area contributed by atoms with Gasteiger partial charge in [-0.15, -0.1) is 6.58 Å². The second-order valence-electron chi connectivity index (χ2n) is 5.27. The number of rotatable bonds is 4. The molecule has 0 spiro atoms. The Hall–Kier alpha value is -1.05. The zero-order valence-corrected chi connectivity index (χ0v) is 10.9. The van der Waals surface area contributed by atoms with Gasteiger partial charge in [0.25, 0.3) is 5.60 Å². The number of aliphatic hydroxyl groups is 1. The van der Waals surface area contributed by atoms with Crippen LogP contribution < -0.4 is 0 Å². The zero-order valence-electron chi connectivity index (χ0n) is 10.9. The van der Waals surface area contributed by atoms with Crippen molar-refractivity contribution in [1.29, 1.82) is 0 Å². The third kappa shape index (κ3) is 3.09. The fraction of sp³-hybridized carbons (Fsp3) is 0.692. The Kier molecular flexibility index (Phi) is 4.82. The first-order valence-corrected chi connectivity index (χ1v) is 6.17. The third-order valence-electron chi connectivity index (χ3n) is 4.02. The molecule has 1 rings (SSSR count). The minimum atomic E-state index is -5.89. The first kappa shape index (κ1) is 18.0. The molecule has 1 saturated carbocycles. The van der Waals surface area contributed by atoms with Gasteiger partial charge in [-0.1, -0.05) is 12.7 Å². The summed E-state index contributed by atoms with van der Waals surface area (Å²) in [6.07, 6.45) is -11.8. The molecule has 3 unspecified atom stereocenters. The molecule has 122 valence electrons. The quantitative estimate of drug-likeness (QED) is 0.595. The number of alkyl halides is 6. The van der Waals surface area contributed by atoms with Crippen LogP contribution >= 0.6 is 0 Å². The second-order valence-corrected chi connectivity index (χ2v) is 5.27. The molecule has 0 aromatic rings. The zero-order chi connectivity index (χ0) is 16.6. The van der Waals surface area contributed by atoms with E-state index >= 15 is 0 Å². The minimum Gasteiger partial charge on any atom is -0.373 e. The van der Waals surface area contributed by atoms with Gasteiger partial charge >= 0.3 is 12.4 Å². The normalized spacial score (nSPS) is 27.7. The lowest BCUT2D eigenvalue weighted by Crippen LogP contribution is -2.61. The van der Waals surface area contributed by atoms with Crippen molar-refractivity contribution >= 4 is 0 Å². The Morgan fingerprint density at radius 1 is 1.10 bits per heavy atom. The molecule has 0 radical (unpaired) electrons. The highest BCUT2D eigenvalue weighted by Crippen LogP contribution is 2.56. The summed E-state index contributed by atoms with van der Waals surface area (Å²) in [5.41, 5.74) is -4.84. The molecule has 1 fully saturated rings. The van der Waals surface area contributed by atoms with Crippen molar-refractivity contribution in [2.45, 2.75) is 37.2 Å². The van der Waals surface area contributed by atoms with Crippen molar-refractivity contribution in [3.63, 3.8) is 0 Å². The topological polar surface area (TPSA) is 20.2 Å². The molecule has 0 aromatic heterocycles. The van der Waals surface area contributed by atoms with Crippen molar-refractivity contribution < 1.29 is 35.8 Å². The molecule has 1 aliphatic carbocycles. The molecule has 0 bridgehead atoms. The van der Waals surface area contributed by atoms with E-state index in [-0.39, 0.29) is 6.42 Å². The average molecular weight is 320 g/mol. The van der Waals surface area contributed by atoms with E-state index in [0.717, 1.165) is 0 Å². The summed E-state index contributed by atoms with van der Waals surface area (Å²) < 4.78 is 90.0. The first-order chi connectivity index (χ1) is 9.36. The summed E-state index contributed by atoms with van der Waals surface area (Å²) in [6, 6.07) is 0.